The minimum Gasteiger partial charge on any atom is -0.495 e. The molecule has 1 heterocycles. The Balaban J connectivity index is 2.33. The zero-order valence-electron chi connectivity index (χ0n) is 10.4. The zero-order chi connectivity index (χ0) is 11.5. The summed E-state index contributed by atoms with van der Waals surface area (Å²) < 4.78 is 5.42. The molecule has 0 aliphatic carbocycles. The van der Waals surface area contributed by atoms with Crippen LogP contribution in [0.25, 0.3) is 0 Å². The molecular formula is C14H20NO. The monoisotopic (exact) mass is 218 g/mol. The molecule has 1 aliphatic rings. The van der Waals surface area contributed by atoms with Crippen LogP contribution in [0.4, 0.5) is 5.69 Å². The highest BCUT2D eigenvalue weighted by molar-refractivity contribution is 5.59. The van der Waals surface area contributed by atoms with Gasteiger partial charge in [0, 0.05) is 12.1 Å². The highest BCUT2D eigenvalue weighted by atomic mass is 16.5. The molecule has 16 heavy (non-hydrogen) atoms. The molecule has 2 rings (SSSR count). The summed E-state index contributed by atoms with van der Waals surface area (Å²) in [6, 6.07) is 10.3. The summed E-state index contributed by atoms with van der Waals surface area (Å²) in [6.07, 6.45) is 3.87. The fraction of sp³-hybridized carbons (Fsp3) is 0.571. The standard InChI is InChI=1S/C14H20NO/c1-11-7-6-8-12(2)15(11)13-9-4-5-10-14(13)16-3/h4,9-12H,6-8H2,1-3H3. The summed E-state index contributed by atoms with van der Waals surface area (Å²) in [7, 11) is 1.73. The molecule has 1 aliphatic heterocycles. The predicted molar refractivity (Wildman–Crippen MR) is 67.1 cm³/mol. The van der Waals surface area contributed by atoms with Crippen molar-refractivity contribution in [3.8, 4) is 5.75 Å². The molecule has 1 aromatic carbocycles. The molecule has 1 aromatic rings. The van der Waals surface area contributed by atoms with Gasteiger partial charge in [-0.1, -0.05) is 6.07 Å². The lowest BCUT2D eigenvalue weighted by atomic mass is 9.96. The molecule has 2 unspecified atom stereocenters. The Morgan fingerprint density at radius 1 is 1.31 bits per heavy atom. The molecule has 87 valence electrons. The quantitative estimate of drug-likeness (QED) is 0.755. The third-order valence-electron chi connectivity index (χ3n) is 3.50. The predicted octanol–water partition coefficient (Wildman–Crippen LogP) is 3.26. The molecule has 0 saturated carbocycles. The maximum atomic E-state index is 5.42. The molecule has 0 aromatic heterocycles. The van der Waals surface area contributed by atoms with Crippen molar-refractivity contribution in [2.45, 2.75) is 45.2 Å². The molecule has 1 saturated heterocycles. The van der Waals surface area contributed by atoms with Crippen LogP contribution >= 0.6 is 0 Å². The van der Waals surface area contributed by atoms with Crippen LogP contribution in [-0.4, -0.2) is 19.2 Å². The number of anilines is 1. The van der Waals surface area contributed by atoms with Crippen LogP contribution in [0.5, 0.6) is 5.75 Å². The normalized spacial score (nSPS) is 25.6. The fourth-order valence-electron chi connectivity index (χ4n) is 2.68. The molecule has 1 radical (unpaired) electrons. The first kappa shape index (κ1) is 11.3. The van der Waals surface area contributed by atoms with Gasteiger partial charge in [0.25, 0.3) is 0 Å². The Bertz CT molecular complexity index is 340. The van der Waals surface area contributed by atoms with E-state index in [1.54, 1.807) is 7.11 Å². The van der Waals surface area contributed by atoms with E-state index in [0.29, 0.717) is 12.1 Å². The number of benzene rings is 1. The molecule has 0 bridgehead atoms. The topological polar surface area (TPSA) is 12.5 Å². The van der Waals surface area contributed by atoms with Crippen molar-refractivity contribution >= 4 is 5.69 Å². The van der Waals surface area contributed by atoms with E-state index in [1.807, 2.05) is 12.1 Å². The van der Waals surface area contributed by atoms with E-state index in [9.17, 15) is 0 Å². The molecule has 0 N–H and O–H groups in total. The summed E-state index contributed by atoms with van der Waals surface area (Å²) in [5, 5.41) is 0. The van der Waals surface area contributed by atoms with Gasteiger partial charge < -0.3 is 9.64 Å². The highest BCUT2D eigenvalue weighted by Crippen LogP contribution is 2.35. The van der Waals surface area contributed by atoms with Gasteiger partial charge in [-0.15, -0.1) is 0 Å². The largest absolute Gasteiger partial charge is 0.495 e. The number of rotatable bonds is 2. The van der Waals surface area contributed by atoms with E-state index in [4.69, 9.17) is 4.74 Å². The van der Waals surface area contributed by atoms with Crippen molar-refractivity contribution in [2.75, 3.05) is 12.0 Å². The first-order valence-electron chi connectivity index (χ1n) is 6.06. The van der Waals surface area contributed by atoms with Crippen LogP contribution in [0.1, 0.15) is 33.1 Å². The fourth-order valence-corrected chi connectivity index (χ4v) is 2.68. The van der Waals surface area contributed by atoms with Gasteiger partial charge in [-0.3, -0.25) is 0 Å². The molecule has 2 heteroatoms. The third kappa shape index (κ3) is 2.01. The lowest BCUT2D eigenvalue weighted by Gasteiger charge is -2.41. The van der Waals surface area contributed by atoms with Crippen molar-refractivity contribution in [3.63, 3.8) is 0 Å². The van der Waals surface area contributed by atoms with Crippen LogP contribution in [0, 0.1) is 6.07 Å². The minimum absolute atomic E-state index is 0.597. The maximum absolute atomic E-state index is 5.42. The first-order chi connectivity index (χ1) is 7.74. The van der Waals surface area contributed by atoms with E-state index < -0.39 is 0 Å². The third-order valence-corrected chi connectivity index (χ3v) is 3.50. The number of hydrogen-bond acceptors (Lipinski definition) is 2. The Hall–Kier alpha value is -1.18. The highest BCUT2D eigenvalue weighted by Gasteiger charge is 2.26. The summed E-state index contributed by atoms with van der Waals surface area (Å²) >= 11 is 0. The second-order valence-corrected chi connectivity index (χ2v) is 4.63. The average Bonchev–Trinajstić information content (AvgIpc) is 2.29. The zero-order valence-corrected chi connectivity index (χ0v) is 10.4. The minimum atomic E-state index is 0.597. The van der Waals surface area contributed by atoms with Gasteiger partial charge in [-0.25, -0.2) is 0 Å². The lowest BCUT2D eigenvalue weighted by Crippen LogP contribution is -2.43. The summed E-state index contributed by atoms with van der Waals surface area (Å²) in [5.41, 5.74) is 1.21. The van der Waals surface area contributed by atoms with Gasteiger partial charge in [0.15, 0.2) is 0 Å². The smallest absolute Gasteiger partial charge is 0.142 e. The Morgan fingerprint density at radius 2 is 2.00 bits per heavy atom. The van der Waals surface area contributed by atoms with E-state index in [0.717, 1.165) is 5.75 Å². The van der Waals surface area contributed by atoms with Crippen LogP contribution in [0.3, 0.4) is 0 Å². The van der Waals surface area contributed by atoms with E-state index >= 15 is 0 Å². The molecule has 2 nitrogen and oxygen atoms in total. The van der Waals surface area contributed by atoms with Crippen molar-refractivity contribution < 1.29 is 4.74 Å². The van der Waals surface area contributed by atoms with Gasteiger partial charge in [-0.2, -0.15) is 0 Å². The average molecular weight is 218 g/mol. The van der Waals surface area contributed by atoms with Crippen LogP contribution in [0.15, 0.2) is 18.2 Å². The van der Waals surface area contributed by atoms with Crippen molar-refractivity contribution in [1.82, 2.24) is 0 Å². The SMILES string of the molecule is COc1c[c]ccc1N1C(C)CCCC1C. The first-order valence-corrected chi connectivity index (χ1v) is 6.06. The van der Waals surface area contributed by atoms with Crippen LogP contribution < -0.4 is 9.64 Å². The number of nitrogens with zero attached hydrogens (tertiary/aromatic N) is 1. The van der Waals surface area contributed by atoms with Gasteiger partial charge >= 0.3 is 0 Å². The Labute approximate surface area is 98.2 Å². The second-order valence-electron chi connectivity index (χ2n) is 4.63. The Kier molecular flexibility index (Phi) is 3.37. The summed E-state index contributed by atoms with van der Waals surface area (Å²) in [4.78, 5) is 2.48. The lowest BCUT2D eigenvalue weighted by molar-refractivity contribution is 0.388. The van der Waals surface area contributed by atoms with Crippen LogP contribution in [0.2, 0.25) is 0 Å². The molecule has 1 fully saturated rings. The summed E-state index contributed by atoms with van der Waals surface area (Å²) in [6.45, 7) is 4.59. The maximum Gasteiger partial charge on any atom is 0.142 e. The van der Waals surface area contributed by atoms with Gasteiger partial charge in [0.1, 0.15) is 5.75 Å². The van der Waals surface area contributed by atoms with E-state index in [2.05, 4.69) is 30.9 Å². The van der Waals surface area contributed by atoms with Gasteiger partial charge in [-0.05, 0) is 51.3 Å². The molecule has 2 atom stereocenters. The number of hydrogen-bond donors (Lipinski definition) is 0. The van der Waals surface area contributed by atoms with Gasteiger partial charge in [0.2, 0.25) is 0 Å². The van der Waals surface area contributed by atoms with Crippen LogP contribution in [-0.2, 0) is 0 Å². The van der Waals surface area contributed by atoms with Gasteiger partial charge in [0.05, 0.1) is 12.8 Å². The summed E-state index contributed by atoms with van der Waals surface area (Å²) in [5.74, 6) is 0.933. The van der Waals surface area contributed by atoms with Crippen molar-refractivity contribution in [1.29, 1.82) is 0 Å². The van der Waals surface area contributed by atoms with Crippen molar-refractivity contribution in [2.24, 2.45) is 0 Å². The molecule has 0 amide bonds. The van der Waals surface area contributed by atoms with E-state index in [-0.39, 0.29) is 0 Å². The second kappa shape index (κ2) is 4.77. The Morgan fingerprint density at radius 3 is 2.62 bits per heavy atom. The van der Waals surface area contributed by atoms with Crippen molar-refractivity contribution in [3.05, 3.63) is 24.3 Å². The number of piperidine rings is 1. The number of methoxy groups -OCH3 is 1. The number of ether oxygens (including phenoxy) is 1. The molecule has 0 spiro atoms. The van der Waals surface area contributed by atoms with E-state index in [1.165, 1.54) is 24.9 Å². The molecular weight excluding hydrogens is 198 g/mol.